The summed E-state index contributed by atoms with van der Waals surface area (Å²) in [5, 5.41) is 9.93. The van der Waals surface area contributed by atoms with E-state index in [0.29, 0.717) is 24.2 Å². The van der Waals surface area contributed by atoms with Gasteiger partial charge in [0.15, 0.2) is 0 Å². The van der Waals surface area contributed by atoms with Gasteiger partial charge < -0.3 is 14.9 Å². The number of carbonyl (C=O) groups is 1. The van der Waals surface area contributed by atoms with Gasteiger partial charge in [0, 0.05) is 30.1 Å². The number of aliphatic hydroxyl groups excluding tert-OH is 1. The van der Waals surface area contributed by atoms with Crippen LogP contribution in [0.2, 0.25) is 0 Å². The molecule has 0 aliphatic carbocycles. The molecule has 0 unspecified atom stereocenters. The van der Waals surface area contributed by atoms with Crippen LogP contribution in [0.3, 0.4) is 0 Å². The van der Waals surface area contributed by atoms with Gasteiger partial charge in [-0.1, -0.05) is 0 Å². The molecule has 1 aromatic rings. The number of aryl methyl sites for hydroxylation is 1. The first-order chi connectivity index (χ1) is 11.0. The molecule has 0 spiro atoms. The fraction of sp³-hybridized carbons (Fsp3) is 0.611. The second kappa shape index (κ2) is 6.21. The summed E-state index contributed by atoms with van der Waals surface area (Å²) in [6.07, 6.45) is 2.94. The molecule has 2 fully saturated rings. The molecule has 0 radical (unpaired) electrons. The van der Waals surface area contributed by atoms with E-state index in [4.69, 9.17) is 0 Å². The van der Waals surface area contributed by atoms with Gasteiger partial charge in [0.2, 0.25) is 0 Å². The first kappa shape index (κ1) is 16.4. The van der Waals surface area contributed by atoms with Crippen molar-refractivity contribution in [3.05, 3.63) is 35.1 Å². The second-order valence-electron chi connectivity index (χ2n) is 7.09. The van der Waals surface area contributed by atoms with Crippen LogP contribution in [0.25, 0.3) is 0 Å². The summed E-state index contributed by atoms with van der Waals surface area (Å²) >= 11 is 0. The minimum absolute atomic E-state index is 0.0430. The van der Waals surface area contributed by atoms with E-state index in [1.54, 1.807) is 19.1 Å². The normalized spacial score (nSPS) is 28.5. The largest absolute Gasteiger partial charge is 0.396 e. The number of likely N-dealkylation sites (tertiary alicyclic amines) is 2. The zero-order valence-corrected chi connectivity index (χ0v) is 13.9. The van der Waals surface area contributed by atoms with Gasteiger partial charge in [-0.2, -0.15) is 0 Å². The van der Waals surface area contributed by atoms with Crippen molar-refractivity contribution < 1.29 is 14.3 Å². The van der Waals surface area contributed by atoms with E-state index in [1.807, 2.05) is 4.90 Å². The van der Waals surface area contributed by atoms with E-state index in [2.05, 4.69) is 11.9 Å². The van der Waals surface area contributed by atoms with E-state index in [9.17, 15) is 14.3 Å². The molecule has 4 nitrogen and oxygen atoms in total. The number of likely N-dealkylation sites (N-methyl/N-ethyl adjacent to an activating group) is 1. The number of hydrogen-bond donors (Lipinski definition) is 1. The van der Waals surface area contributed by atoms with Crippen LogP contribution < -0.4 is 0 Å². The molecular formula is C18H25FN2O2. The highest BCUT2D eigenvalue weighted by Gasteiger charge is 2.47. The number of hydrogen-bond acceptors (Lipinski definition) is 3. The Morgan fingerprint density at radius 2 is 2.17 bits per heavy atom. The Morgan fingerprint density at radius 3 is 2.87 bits per heavy atom. The summed E-state index contributed by atoms with van der Waals surface area (Å²) in [4.78, 5) is 16.9. The standard InChI is InChI=1S/C18H25FN2O2/c1-13-10-14(4-5-15(13)19)17(23)21-9-7-18(12-22)6-3-8-20(2)16(18)11-21/h4-5,10,16,22H,3,6-9,11-12H2,1-2H3/t16-,18-/m1/s1. The van der Waals surface area contributed by atoms with Crippen molar-refractivity contribution in [1.29, 1.82) is 0 Å². The summed E-state index contributed by atoms with van der Waals surface area (Å²) in [5.41, 5.74) is 0.953. The van der Waals surface area contributed by atoms with E-state index in [0.717, 1.165) is 25.8 Å². The Bertz CT molecular complexity index is 607. The predicted molar refractivity (Wildman–Crippen MR) is 86.8 cm³/mol. The number of rotatable bonds is 2. The van der Waals surface area contributed by atoms with Gasteiger partial charge >= 0.3 is 0 Å². The Labute approximate surface area is 136 Å². The summed E-state index contributed by atoms with van der Waals surface area (Å²) in [5.74, 6) is -0.329. The van der Waals surface area contributed by atoms with Crippen LogP contribution in [-0.2, 0) is 0 Å². The zero-order chi connectivity index (χ0) is 16.6. The average molecular weight is 320 g/mol. The minimum atomic E-state index is -0.286. The second-order valence-corrected chi connectivity index (χ2v) is 7.09. The lowest BCUT2D eigenvalue weighted by molar-refractivity contribution is -0.0601. The van der Waals surface area contributed by atoms with Crippen molar-refractivity contribution in [3.63, 3.8) is 0 Å². The van der Waals surface area contributed by atoms with E-state index >= 15 is 0 Å². The van der Waals surface area contributed by atoms with Crippen LogP contribution in [0.1, 0.15) is 35.2 Å². The highest BCUT2D eigenvalue weighted by atomic mass is 19.1. The van der Waals surface area contributed by atoms with Gasteiger partial charge in [-0.3, -0.25) is 4.79 Å². The van der Waals surface area contributed by atoms with Crippen LogP contribution in [-0.4, -0.2) is 60.1 Å². The SMILES string of the molecule is Cc1cc(C(=O)N2CC[C@@]3(CO)CCCN(C)[C@@H]3C2)ccc1F. The van der Waals surface area contributed by atoms with Crippen LogP contribution >= 0.6 is 0 Å². The Morgan fingerprint density at radius 1 is 1.39 bits per heavy atom. The molecule has 0 bridgehead atoms. The van der Waals surface area contributed by atoms with Crippen molar-refractivity contribution in [2.45, 2.75) is 32.2 Å². The molecule has 5 heteroatoms. The van der Waals surface area contributed by atoms with Gasteiger partial charge in [0.1, 0.15) is 5.82 Å². The quantitative estimate of drug-likeness (QED) is 0.907. The molecule has 0 saturated carbocycles. The molecule has 1 amide bonds. The fourth-order valence-corrected chi connectivity index (χ4v) is 4.16. The Balaban J connectivity index is 1.80. The predicted octanol–water partition coefficient (Wildman–Crippen LogP) is 2.05. The first-order valence-corrected chi connectivity index (χ1v) is 8.33. The molecule has 3 rings (SSSR count). The molecule has 2 saturated heterocycles. The van der Waals surface area contributed by atoms with Crippen molar-refractivity contribution >= 4 is 5.91 Å². The average Bonchev–Trinajstić information content (AvgIpc) is 2.56. The third kappa shape index (κ3) is 2.88. The third-order valence-electron chi connectivity index (χ3n) is 5.70. The van der Waals surface area contributed by atoms with Crippen LogP contribution in [0, 0.1) is 18.2 Å². The highest BCUT2D eigenvalue weighted by Crippen LogP contribution is 2.41. The van der Waals surface area contributed by atoms with Crippen LogP contribution in [0.4, 0.5) is 4.39 Å². The highest BCUT2D eigenvalue weighted by molar-refractivity contribution is 5.94. The minimum Gasteiger partial charge on any atom is -0.396 e. The monoisotopic (exact) mass is 320 g/mol. The molecule has 2 heterocycles. The number of aliphatic hydroxyl groups is 1. The van der Waals surface area contributed by atoms with Crippen LogP contribution in [0.15, 0.2) is 18.2 Å². The first-order valence-electron chi connectivity index (χ1n) is 8.33. The summed E-state index contributed by atoms with van der Waals surface area (Å²) in [7, 11) is 2.07. The molecule has 2 aliphatic rings. The van der Waals surface area contributed by atoms with Gasteiger partial charge in [0.05, 0.1) is 6.61 Å². The summed E-state index contributed by atoms with van der Waals surface area (Å²) in [6.45, 7) is 4.14. The molecule has 1 aromatic carbocycles. The maximum absolute atomic E-state index is 13.4. The third-order valence-corrected chi connectivity index (χ3v) is 5.70. The van der Waals surface area contributed by atoms with Gasteiger partial charge in [-0.05, 0) is 63.5 Å². The molecule has 1 N–H and O–H groups in total. The van der Waals surface area contributed by atoms with E-state index in [-0.39, 0.29) is 29.8 Å². The lowest BCUT2D eigenvalue weighted by Gasteiger charge is -2.53. The lowest BCUT2D eigenvalue weighted by Crippen LogP contribution is -2.62. The number of amides is 1. The molecular weight excluding hydrogens is 295 g/mol. The van der Waals surface area contributed by atoms with Crippen molar-refractivity contribution in [2.75, 3.05) is 33.3 Å². The number of halogens is 1. The smallest absolute Gasteiger partial charge is 0.253 e. The lowest BCUT2D eigenvalue weighted by atomic mass is 9.69. The van der Waals surface area contributed by atoms with Crippen molar-refractivity contribution in [3.8, 4) is 0 Å². The van der Waals surface area contributed by atoms with Crippen molar-refractivity contribution in [2.24, 2.45) is 5.41 Å². The van der Waals surface area contributed by atoms with E-state index in [1.165, 1.54) is 6.07 Å². The number of piperidine rings is 2. The summed E-state index contributed by atoms with van der Waals surface area (Å²) in [6, 6.07) is 4.73. The summed E-state index contributed by atoms with van der Waals surface area (Å²) < 4.78 is 13.4. The fourth-order valence-electron chi connectivity index (χ4n) is 4.16. The number of fused-ring (bicyclic) bond motifs is 1. The van der Waals surface area contributed by atoms with Gasteiger partial charge in [-0.15, -0.1) is 0 Å². The number of nitrogens with zero attached hydrogens (tertiary/aromatic N) is 2. The maximum atomic E-state index is 13.4. The molecule has 23 heavy (non-hydrogen) atoms. The van der Waals surface area contributed by atoms with Crippen molar-refractivity contribution in [1.82, 2.24) is 9.80 Å². The maximum Gasteiger partial charge on any atom is 0.253 e. The van der Waals surface area contributed by atoms with Gasteiger partial charge in [0.25, 0.3) is 5.91 Å². The Hall–Kier alpha value is -1.46. The van der Waals surface area contributed by atoms with Crippen LogP contribution in [0.5, 0.6) is 0 Å². The molecule has 2 atom stereocenters. The number of carbonyl (C=O) groups excluding carboxylic acids is 1. The topological polar surface area (TPSA) is 43.8 Å². The number of benzene rings is 1. The molecule has 2 aliphatic heterocycles. The van der Waals surface area contributed by atoms with Gasteiger partial charge in [-0.25, -0.2) is 4.39 Å². The van der Waals surface area contributed by atoms with E-state index < -0.39 is 0 Å². The molecule has 126 valence electrons. The molecule has 0 aromatic heterocycles. The Kier molecular flexibility index (Phi) is 4.43. The zero-order valence-electron chi connectivity index (χ0n) is 13.9.